The summed E-state index contributed by atoms with van der Waals surface area (Å²) in [5, 5.41) is 2.18. The van der Waals surface area contributed by atoms with Crippen molar-refractivity contribution in [1.29, 1.82) is 0 Å². The number of amides is 1. The van der Waals surface area contributed by atoms with E-state index in [2.05, 4.69) is 10.1 Å². The third-order valence-corrected chi connectivity index (χ3v) is 4.77. The number of carbonyl (C=O) groups is 1. The minimum atomic E-state index is -2.33. The average Bonchev–Trinajstić information content (AvgIpc) is 2.66. The molecule has 0 saturated heterocycles. The molecule has 0 atom stereocenters. The fourth-order valence-corrected chi connectivity index (χ4v) is 3.21. The van der Waals surface area contributed by atoms with Crippen LogP contribution in [-0.4, -0.2) is 41.1 Å². The van der Waals surface area contributed by atoms with Crippen molar-refractivity contribution >= 4 is 15.9 Å². The van der Waals surface area contributed by atoms with Crippen molar-refractivity contribution in [3.05, 3.63) is 29.1 Å². The Morgan fingerprint density at radius 2 is 1.37 bits per heavy atom. The van der Waals surface area contributed by atoms with E-state index < -0.39 is 57.2 Å². The Hall–Kier alpha value is -1.76. The highest BCUT2D eigenvalue weighted by Crippen LogP contribution is 2.29. The topological polar surface area (TPSA) is 66.0 Å². The predicted octanol–water partition coefficient (Wildman–Crippen LogP) is 3.90. The quantitative estimate of drug-likeness (QED) is 0.128. The first-order chi connectivity index (χ1) is 14.0. The largest absolute Gasteiger partial charge is 0.412 e. The highest BCUT2D eigenvalue weighted by molar-refractivity contribution is 6.27. The fraction of sp³-hybridized carbons (Fsp3) is 0.611. The average molecular weight is 459 g/mol. The van der Waals surface area contributed by atoms with Crippen LogP contribution in [-0.2, 0) is 13.9 Å². The number of unbranched alkanes of at least 4 members (excludes halogenated alkanes) is 1. The zero-order valence-corrected chi connectivity index (χ0v) is 18.6. The van der Waals surface area contributed by atoms with E-state index in [1.54, 1.807) is 0 Å². The second-order valence-corrected chi connectivity index (χ2v) is 8.25. The number of nitrogens with one attached hydrogen (secondary N) is 1. The number of halogens is 5. The van der Waals surface area contributed by atoms with Crippen molar-refractivity contribution in [2.24, 2.45) is 0 Å². The maximum Gasteiger partial charge on any atom is 0.412 e. The molecule has 1 amide bonds. The fourth-order valence-electron chi connectivity index (χ4n) is 2.13. The molecule has 0 spiro atoms. The first kappa shape index (κ1) is 26.3. The van der Waals surface area contributed by atoms with Crippen LogP contribution in [0.5, 0.6) is 5.75 Å². The molecule has 0 fully saturated rings. The second kappa shape index (κ2) is 12.8. The van der Waals surface area contributed by atoms with Gasteiger partial charge in [-0.2, -0.15) is 8.78 Å². The highest BCUT2D eigenvalue weighted by Gasteiger charge is 2.28. The van der Waals surface area contributed by atoms with E-state index in [0.717, 1.165) is 6.04 Å². The van der Waals surface area contributed by atoms with E-state index >= 15 is 0 Å². The number of benzene rings is 1. The van der Waals surface area contributed by atoms with Crippen LogP contribution in [0.25, 0.3) is 0 Å². The minimum Gasteiger partial charge on any atom is -0.404 e. The summed E-state index contributed by atoms with van der Waals surface area (Å²) in [6.45, 7) is 6.79. The molecule has 0 aliphatic rings. The van der Waals surface area contributed by atoms with Gasteiger partial charge in [0.25, 0.3) is 6.48 Å². The zero-order valence-electron chi connectivity index (χ0n) is 17.2. The van der Waals surface area contributed by atoms with Gasteiger partial charge in [-0.1, -0.05) is 6.42 Å². The number of hydrogen-bond donors (Lipinski definition) is 1. The van der Waals surface area contributed by atoms with E-state index in [0.29, 0.717) is 12.8 Å². The molecule has 0 aliphatic heterocycles. The summed E-state index contributed by atoms with van der Waals surface area (Å²) in [6.07, 6.45) is -0.289. The van der Waals surface area contributed by atoms with Gasteiger partial charge in [0.15, 0.2) is 9.76 Å². The van der Waals surface area contributed by atoms with Crippen LogP contribution in [0.2, 0.25) is 6.04 Å². The predicted molar refractivity (Wildman–Crippen MR) is 100 cm³/mol. The van der Waals surface area contributed by atoms with Gasteiger partial charge in [0.1, 0.15) is 0 Å². The molecule has 0 bridgehead atoms. The monoisotopic (exact) mass is 459 g/mol. The highest BCUT2D eigenvalue weighted by atomic mass is 28.2. The van der Waals surface area contributed by atoms with Crippen LogP contribution in [0.1, 0.15) is 40.5 Å². The molecule has 1 aromatic rings. The van der Waals surface area contributed by atoms with E-state index in [9.17, 15) is 26.7 Å². The van der Waals surface area contributed by atoms with E-state index in [1.807, 2.05) is 27.7 Å². The lowest BCUT2D eigenvalue weighted by Crippen LogP contribution is -2.29. The summed E-state index contributed by atoms with van der Waals surface area (Å²) in [5.74, 6) is -12.8. The van der Waals surface area contributed by atoms with Crippen LogP contribution >= 0.6 is 0 Å². The lowest BCUT2D eigenvalue weighted by Gasteiger charge is -2.23. The molecule has 30 heavy (non-hydrogen) atoms. The summed E-state index contributed by atoms with van der Waals surface area (Å²) >= 11 is 0. The summed E-state index contributed by atoms with van der Waals surface area (Å²) in [5.41, 5.74) is 0. The zero-order chi connectivity index (χ0) is 22.8. The van der Waals surface area contributed by atoms with Gasteiger partial charge < -0.3 is 24.0 Å². The smallest absolute Gasteiger partial charge is 0.404 e. The molecule has 12 heteroatoms. The van der Waals surface area contributed by atoms with Gasteiger partial charge in [-0.15, -0.1) is 0 Å². The molecule has 172 valence electrons. The molecule has 0 unspecified atom stereocenters. The number of ether oxygens (including phenoxy) is 3. The van der Waals surface area contributed by atoms with Crippen molar-refractivity contribution < 1.29 is 45.4 Å². The lowest BCUT2D eigenvalue weighted by molar-refractivity contribution is -0.275. The van der Waals surface area contributed by atoms with E-state index in [-0.39, 0.29) is 18.8 Å². The SMILES string of the molecule is CC(C)OC(O[SiH2]CCCCNC(=O)Oc1c(F)c(F)c(F)c(F)c1F)OC(C)C. The summed E-state index contributed by atoms with van der Waals surface area (Å²) < 4.78 is 86.9. The maximum absolute atomic E-state index is 13.5. The van der Waals surface area contributed by atoms with Crippen molar-refractivity contribution in [2.75, 3.05) is 6.54 Å². The van der Waals surface area contributed by atoms with Gasteiger partial charge >= 0.3 is 6.09 Å². The minimum absolute atomic E-state index is 0.0595. The normalized spacial score (nSPS) is 12.0. The van der Waals surface area contributed by atoms with Gasteiger partial charge in [0, 0.05) is 6.54 Å². The van der Waals surface area contributed by atoms with Crippen molar-refractivity contribution in [2.45, 2.75) is 65.3 Å². The molecule has 1 aromatic carbocycles. The lowest BCUT2D eigenvalue weighted by atomic mass is 10.2. The Labute approximate surface area is 174 Å². The third kappa shape index (κ3) is 8.54. The van der Waals surface area contributed by atoms with Gasteiger partial charge in [0.2, 0.25) is 34.8 Å². The molecular formula is C18H26F5NO5Si. The Bertz CT molecular complexity index is 669. The Morgan fingerprint density at radius 1 is 0.867 bits per heavy atom. The molecule has 0 aromatic heterocycles. The first-order valence-electron chi connectivity index (χ1n) is 9.44. The molecule has 0 aliphatic carbocycles. The Balaban J connectivity index is 2.33. The number of rotatable bonds is 12. The molecule has 1 rings (SSSR count). The summed E-state index contributed by atoms with van der Waals surface area (Å²) in [7, 11) is -0.952. The van der Waals surface area contributed by atoms with Gasteiger partial charge in [-0.25, -0.2) is 18.0 Å². The van der Waals surface area contributed by atoms with Crippen molar-refractivity contribution in [3.63, 3.8) is 0 Å². The second-order valence-electron chi connectivity index (χ2n) is 6.81. The molecular weight excluding hydrogens is 433 g/mol. The van der Waals surface area contributed by atoms with Crippen LogP contribution in [0.3, 0.4) is 0 Å². The summed E-state index contributed by atoms with van der Waals surface area (Å²) in [6, 6.07) is 0.744. The van der Waals surface area contributed by atoms with Crippen LogP contribution in [0.15, 0.2) is 0 Å². The Morgan fingerprint density at radius 3 is 1.87 bits per heavy atom. The molecule has 0 radical (unpaired) electrons. The number of carbonyl (C=O) groups excluding carboxylic acids is 1. The molecule has 0 saturated carbocycles. The van der Waals surface area contributed by atoms with Gasteiger partial charge in [-0.3, -0.25) is 0 Å². The summed E-state index contributed by atoms with van der Waals surface area (Å²) in [4.78, 5) is 11.6. The van der Waals surface area contributed by atoms with Gasteiger partial charge in [0.05, 0.1) is 12.2 Å². The van der Waals surface area contributed by atoms with Crippen molar-refractivity contribution in [3.8, 4) is 5.75 Å². The standard InChI is InChI=1S/C18H26F5NO5Si/c1-9(2)26-18(27-10(3)4)29-30-8-6-5-7-24-17(25)28-16-14(22)12(20)11(19)13(21)15(16)23/h9-10,18H,5-8,30H2,1-4H3,(H,24,25). The van der Waals surface area contributed by atoms with E-state index in [1.165, 1.54) is 0 Å². The first-order valence-corrected chi connectivity index (χ1v) is 11.0. The van der Waals surface area contributed by atoms with Gasteiger partial charge in [-0.05, 0) is 40.2 Å². The maximum atomic E-state index is 13.5. The van der Waals surface area contributed by atoms with Crippen LogP contribution in [0.4, 0.5) is 26.7 Å². The molecule has 0 heterocycles. The van der Waals surface area contributed by atoms with Crippen LogP contribution in [0, 0.1) is 29.1 Å². The molecule has 1 N–H and O–H groups in total. The van der Waals surface area contributed by atoms with E-state index in [4.69, 9.17) is 13.9 Å². The molecule has 6 nitrogen and oxygen atoms in total. The van der Waals surface area contributed by atoms with Crippen molar-refractivity contribution in [1.82, 2.24) is 5.32 Å². The van der Waals surface area contributed by atoms with Crippen LogP contribution < -0.4 is 10.1 Å². The Kier molecular flexibility index (Phi) is 11.2. The third-order valence-electron chi connectivity index (χ3n) is 3.48. The number of hydrogen-bond acceptors (Lipinski definition) is 5.